The van der Waals surface area contributed by atoms with E-state index in [1.807, 2.05) is 43.3 Å². The van der Waals surface area contributed by atoms with Crippen molar-refractivity contribution >= 4 is 11.6 Å². The summed E-state index contributed by atoms with van der Waals surface area (Å²) < 4.78 is 0. The van der Waals surface area contributed by atoms with Crippen LogP contribution in [0.25, 0.3) is 0 Å². The molecule has 21 heavy (non-hydrogen) atoms. The monoisotopic (exact) mass is 282 g/mol. The van der Waals surface area contributed by atoms with Gasteiger partial charge in [0.1, 0.15) is 0 Å². The Balaban J connectivity index is 1.73. The maximum absolute atomic E-state index is 11.8. The number of anilines is 1. The summed E-state index contributed by atoms with van der Waals surface area (Å²) in [6.45, 7) is 5.09. The minimum atomic E-state index is 0.0202. The SMILES string of the molecule is Cc1ccccc1CCNC(=O)CNc1ccccc1C. The lowest BCUT2D eigenvalue weighted by Gasteiger charge is -2.10. The highest BCUT2D eigenvalue weighted by Gasteiger charge is 2.03. The number of benzene rings is 2. The summed E-state index contributed by atoms with van der Waals surface area (Å²) in [7, 11) is 0. The van der Waals surface area contributed by atoms with E-state index in [0.29, 0.717) is 13.1 Å². The first-order chi connectivity index (χ1) is 10.2. The van der Waals surface area contributed by atoms with Crippen LogP contribution in [0.3, 0.4) is 0 Å². The van der Waals surface area contributed by atoms with Crippen LogP contribution >= 0.6 is 0 Å². The van der Waals surface area contributed by atoms with Gasteiger partial charge in [-0.05, 0) is 43.0 Å². The molecule has 2 aromatic carbocycles. The molecule has 0 heterocycles. The largest absolute Gasteiger partial charge is 0.376 e. The number of para-hydroxylation sites is 1. The fraction of sp³-hybridized carbons (Fsp3) is 0.278. The second-order valence-corrected chi connectivity index (χ2v) is 5.19. The van der Waals surface area contributed by atoms with Crippen LogP contribution in [0.4, 0.5) is 5.69 Å². The molecule has 0 unspecified atom stereocenters. The smallest absolute Gasteiger partial charge is 0.239 e. The molecule has 3 nitrogen and oxygen atoms in total. The van der Waals surface area contributed by atoms with Gasteiger partial charge in [-0.1, -0.05) is 42.5 Å². The van der Waals surface area contributed by atoms with E-state index in [1.54, 1.807) is 0 Å². The average Bonchev–Trinajstić information content (AvgIpc) is 2.48. The molecule has 0 spiro atoms. The number of amides is 1. The van der Waals surface area contributed by atoms with Gasteiger partial charge in [-0.25, -0.2) is 0 Å². The van der Waals surface area contributed by atoms with Crippen molar-refractivity contribution in [2.45, 2.75) is 20.3 Å². The third-order valence-electron chi connectivity index (χ3n) is 3.56. The van der Waals surface area contributed by atoms with Gasteiger partial charge < -0.3 is 10.6 Å². The van der Waals surface area contributed by atoms with Gasteiger partial charge in [0.2, 0.25) is 5.91 Å². The molecule has 2 aromatic rings. The van der Waals surface area contributed by atoms with Gasteiger partial charge in [0.15, 0.2) is 0 Å². The first-order valence-corrected chi connectivity index (χ1v) is 7.27. The van der Waals surface area contributed by atoms with E-state index in [9.17, 15) is 4.79 Å². The van der Waals surface area contributed by atoms with Crippen molar-refractivity contribution in [1.82, 2.24) is 5.32 Å². The van der Waals surface area contributed by atoms with Gasteiger partial charge in [-0.3, -0.25) is 4.79 Å². The van der Waals surface area contributed by atoms with Crippen LogP contribution in [0.2, 0.25) is 0 Å². The Bertz CT molecular complexity index is 608. The van der Waals surface area contributed by atoms with Crippen LogP contribution in [-0.2, 0) is 11.2 Å². The standard InChI is InChI=1S/C18H22N2O/c1-14-7-3-5-9-16(14)11-12-19-18(21)13-20-17-10-6-4-8-15(17)2/h3-10,20H,11-13H2,1-2H3,(H,19,21). The highest BCUT2D eigenvalue weighted by molar-refractivity contribution is 5.80. The minimum Gasteiger partial charge on any atom is -0.376 e. The van der Waals surface area contributed by atoms with Crippen molar-refractivity contribution in [1.29, 1.82) is 0 Å². The predicted molar refractivity (Wildman–Crippen MR) is 87.6 cm³/mol. The van der Waals surface area contributed by atoms with Crippen molar-refractivity contribution in [2.75, 3.05) is 18.4 Å². The molecule has 2 rings (SSSR count). The normalized spacial score (nSPS) is 10.2. The summed E-state index contributed by atoms with van der Waals surface area (Å²) in [5.74, 6) is 0.0202. The molecule has 0 fully saturated rings. The number of rotatable bonds is 6. The molecular weight excluding hydrogens is 260 g/mol. The van der Waals surface area contributed by atoms with Gasteiger partial charge in [0.05, 0.1) is 6.54 Å². The van der Waals surface area contributed by atoms with Gasteiger partial charge in [-0.2, -0.15) is 0 Å². The molecule has 0 aliphatic heterocycles. The number of nitrogens with one attached hydrogen (secondary N) is 2. The topological polar surface area (TPSA) is 41.1 Å². The molecule has 0 aliphatic carbocycles. The number of hydrogen-bond acceptors (Lipinski definition) is 2. The van der Waals surface area contributed by atoms with E-state index < -0.39 is 0 Å². The molecule has 2 N–H and O–H groups in total. The third kappa shape index (κ3) is 4.63. The lowest BCUT2D eigenvalue weighted by atomic mass is 10.1. The molecule has 0 saturated carbocycles. The van der Waals surface area contributed by atoms with Gasteiger partial charge in [0, 0.05) is 12.2 Å². The van der Waals surface area contributed by atoms with Crippen LogP contribution in [0.1, 0.15) is 16.7 Å². The molecule has 0 aromatic heterocycles. The summed E-state index contributed by atoms with van der Waals surface area (Å²) >= 11 is 0. The Morgan fingerprint density at radius 1 is 0.952 bits per heavy atom. The van der Waals surface area contributed by atoms with E-state index in [1.165, 1.54) is 11.1 Å². The van der Waals surface area contributed by atoms with Crippen LogP contribution in [0.15, 0.2) is 48.5 Å². The predicted octanol–water partition coefficient (Wildman–Crippen LogP) is 3.07. The lowest BCUT2D eigenvalue weighted by Crippen LogP contribution is -2.31. The number of carbonyl (C=O) groups is 1. The lowest BCUT2D eigenvalue weighted by molar-refractivity contribution is -0.119. The number of aryl methyl sites for hydroxylation is 2. The summed E-state index contributed by atoms with van der Waals surface area (Å²) in [5, 5.41) is 6.11. The number of hydrogen-bond donors (Lipinski definition) is 2. The highest BCUT2D eigenvalue weighted by Crippen LogP contribution is 2.12. The van der Waals surface area contributed by atoms with Gasteiger partial charge in [-0.15, -0.1) is 0 Å². The molecule has 1 amide bonds. The summed E-state index contributed by atoms with van der Waals surface area (Å²) in [4.78, 5) is 11.8. The van der Waals surface area contributed by atoms with Crippen LogP contribution in [-0.4, -0.2) is 19.0 Å². The Kier molecular flexibility index (Phi) is 5.38. The van der Waals surface area contributed by atoms with Gasteiger partial charge >= 0.3 is 0 Å². The number of carbonyl (C=O) groups excluding carboxylic acids is 1. The van der Waals surface area contributed by atoms with Crippen molar-refractivity contribution in [3.63, 3.8) is 0 Å². The molecule has 110 valence electrons. The third-order valence-corrected chi connectivity index (χ3v) is 3.56. The van der Waals surface area contributed by atoms with Crippen molar-refractivity contribution in [3.05, 3.63) is 65.2 Å². The molecule has 3 heteroatoms. The van der Waals surface area contributed by atoms with Gasteiger partial charge in [0.25, 0.3) is 0 Å². The maximum Gasteiger partial charge on any atom is 0.239 e. The van der Waals surface area contributed by atoms with E-state index in [2.05, 4.69) is 29.7 Å². The maximum atomic E-state index is 11.8. The van der Waals surface area contributed by atoms with E-state index >= 15 is 0 Å². The van der Waals surface area contributed by atoms with E-state index in [0.717, 1.165) is 17.7 Å². The second-order valence-electron chi connectivity index (χ2n) is 5.19. The summed E-state index contributed by atoms with van der Waals surface area (Å²) in [5.41, 5.74) is 4.70. The van der Waals surface area contributed by atoms with Crippen LogP contribution < -0.4 is 10.6 Å². The molecule has 0 atom stereocenters. The molecule has 0 radical (unpaired) electrons. The second kappa shape index (κ2) is 7.48. The van der Waals surface area contributed by atoms with Crippen molar-refractivity contribution < 1.29 is 4.79 Å². The zero-order chi connectivity index (χ0) is 15.1. The zero-order valence-electron chi connectivity index (χ0n) is 12.6. The van der Waals surface area contributed by atoms with E-state index in [4.69, 9.17) is 0 Å². The molecule has 0 saturated heterocycles. The molecule has 0 aliphatic rings. The van der Waals surface area contributed by atoms with Crippen LogP contribution in [0.5, 0.6) is 0 Å². The fourth-order valence-electron chi connectivity index (χ4n) is 2.24. The average molecular weight is 282 g/mol. The highest BCUT2D eigenvalue weighted by atomic mass is 16.1. The molecular formula is C18H22N2O. The first-order valence-electron chi connectivity index (χ1n) is 7.27. The first kappa shape index (κ1) is 15.1. The summed E-state index contributed by atoms with van der Waals surface area (Å²) in [6, 6.07) is 16.2. The Labute approximate surface area is 126 Å². The quantitative estimate of drug-likeness (QED) is 0.855. The van der Waals surface area contributed by atoms with Crippen molar-refractivity contribution in [3.8, 4) is 0 Å². The summed E-state index contributed by atoms with van der Waals surface area (Å²) in [6.07, 6.45) is 0.864. The fourth-order valence-corrected chi connectivity index (χ4v) is 2.24. The van der Waals surface area contributed by atoms with Crippen molar-refractivity contribution in [2.24, 2.45) is 0 Å². The van der Waals surface area contributed by atoms with E-state index in [-0.39, 0.29) is 5.91 Å². The minimum absolute atomic E-state index is 0.0202. The molecule has 0 bridgehead atoms. The zero-order valence-corrected chi connectivity index (χ0v) is 12.6. The Morgan fingerprint density at radius 3 is 2.33 bits per heavy atom. The Morgan fingerprint density at radius 2 is 1.62 bits per heavy atom. The van der Waals surface area contributed by atoms with Crippen LogP contribution in [0, 0.1) is 13.8 Å². The Hall–Kier alpha value is -2.29.